The maximum Gasteiger partial charge on any atom is 0.128 e. The van der Waals surface area contributed by atoms with Crippen molar-refractivity contribution in [2.45, 2.75) is 70.6 Å². The fraction of sp³-hybridized carbons (Fsp3) is 0.500. The zero-order valence-electron chi connectivity index (χ0n) is 19.1. The third-order valence-electron chi connectivity index (χ3n) is 7.65. The zero-order valence-corrected chi connectivity index (χ0v) is 19.1. The number of fused-ring (bicyclic) bond motifs is 2. The minimum Gasteiger partial charge on any atom is -0.342 e. The van der Waals surface area contributed by atoms with Crippen molar-refractivity contribution < 1.29 is 4.39 Å². The van der Waals surface area contributed by atoms with Crippen molar-refractivity contribution in [2.75, 3.05) is 0 Å². The van der Waals surface area contributed by atoms with E-state index in [-0.39, 0.29) is 0 Å². The van der Waals surface area contributed by atoms with Gasteiger partial charge in [-0.15, -0.1) is 0 Å². The van der Waals surface area contributed by atoms with Crippen LogP contribution in [0.3, 0.4) is 0 Å². The number of aliphatic imine (C=N–C) groups is 1. The first-order valence-corrected chi connectivity index (χ1v) is 11.8. The predicted octanol–water partition coefficient (Wildman–Crippen LogP) is 5.75. The molecule has 2 saturated carbocycles. The van der Waals surface area contributed by atoms with Crippen molar-refractivity contribution in [3.63, 3.8) is 0 Å². The van der Waals surface area contributed by atoms with Crippen LogP contribution in [0.1, 0.15) is 57.9 Å². The topological polar surface area (TPSA) is 48.0 Å². The monoisotopic (exact) mass is 431 g/mol. The summed E-state index contributed by atoms with van der Waals surface area (Å²) < 4.78 is 19.7. The summed E-state index contributed by atoms with van der Waals surface area (Å²) in [6.45, 7) is 4.72. The van der Waals surface area contributed by atoms with E-state index in [9.17, 15) is 0 Å². The lowest BCUT2D eigenvalue weighted by molar-refractivity contribution is 0.0873. The molecule has 4 heterocycles. The van der Waals surface area contributed by atoms with Gasteiger partial charge in [0.15, 0.2) is 0 Å². The number of halogens is 1. The fourth-order valence-corrected chi connectivity index (χ4v) is 5.86. The molecule has 0 aromatic carbocycles. The van der Waals surface area contributed by atoms with Gasteiger partial charge in [0.1, 0.15) is 5.67 Å². The summed E-state index contributed by atoms with van der Waals surface area (Å²) in [7, 11) is 1.92. The molecule has 0 radical (unpaired) electrons. The Kier molecular flexibility index (Phi) is 4.43. The second-order valence-corrected chi connectivity index (χ2v) is 10.1. The second-order valence-electron chi connectivity index (χ2n) is 10.1. The van der Waals surface area contributed by atoms with Crippen LogP contribution in [0.25, 0.3) is 27.7 Å². The number of pyridine rings is 1. The maximum atomic E-state index is 15.8. The molecule has 0 amide bonds. The maximum absolute atomic E-state index is 15.8. The number of allylic oxidation sites excluding steroid dienone is 1. The number of aromatic nitrogens is 4. The average Bonchev–Trinajstić information content (AvgIpc) is 3.28. The molecule has 1 aliphatic heterocycles. The van der Waals surface area contributed by atoms with E-state index in [1.807, 2.05) is 25.6 Å². The van der Waals surface area contributed by atoms with Crippen molar-refractivity contribution in [1.29, 1.82) is 0 Å². The standard InChI is InChI=1S/C26H30FN5/c1-16-20-10-22(20)30-17(2)24(16)18-9-23-25(28-11-18)21(19-12-29-31(3)13-19)14-32(23)15-26(27)7-5-4-6-8-26/h9,11-14,20,22H,4-8,10,15H2,1-3H3. The molecule has 2 aliphatic carbocycles. The van der Waals surface area contributed by atoms with E-state index < -0.39 is 5.67 Å². The molecule has 2 fully saturated rings. The quantitative estimate of drug-likeness (QED) is 0.528. The fourth-order valence-electron chi connectivity index (χ4n) is 5.86. The summed E-state index contributed by atoms with van der Waals surface area (Å²) >= 11 is 0. The van der Waals surface area contributed by atoms with Gasteiger partial charge in [-0.3, -0.25) is 14.7 Å². The van der Waals surface area contributed by atoms with Gasteiger partial charge in [-0.2, -0.15) is 5.10 Å². The van der Waals surface area contributed by atoms with E-state index in [0.29, 0.717) is 31.3 Å². The van der Waals surface area contributed by atoms with Gasteiger partial charge in [0.2, 0.25) is 0 Å². The second kappa shape index (κ2) is 7.12. The summed E-state index contributed by atoms with van der Waals surface area (Å²) in [6, 6.07) is 2.68. The molecular weight excluding hydrogens is 401 g/mol. The molecule has 32 heavy (non-hydrogen) atoms. The summed E-state index contributed by atoms with van der Waals surface area (Å²) in [6.07, 6.45) is 13.4. The smallest absolute Gasteiger partial charge is 0.128 e. The number of rotatable bonds is 4. The highest BCUT2D eigenvalue weighted by Crippen LogP contribution is 2.47. The van der Waals surface area contributed by atoms with Crippen molar-refractivity contribution in [3.05, 3.63) is 42.0 Å². The van der Waals surface area contributed by atoms with Gasteiger partial charge in [0.05, 0.1) is 29.8 Å². The average molecular weight is 432 g/mol. The largest absolute Gasteiger partial charge is 0.342 e. The van der Waals surface area contributed by atoms with Crippen LogP contribution in [0.4, 0.5) is 4.39 Å². The van der Waals surface area contributed by atoms with E-state index in [1.165, 1.54) is 11.1 Å². The molecule has 3 aromatic rings. The van der Waals surface area contributed by atoms with E-state index in [1.54, 1.807) is 4.68 Å². The Balaban J connectivity index is 1.49. The molecule has 166 valence electrons. The van der Waals surface area contributed by atoms with Crippen LogP contribution < -0.4 is 0 Å². The van der Waals surface area contributed by atoms with Crippen molar-refractivity contribution in [1.82, 2.24) is 19.3 Å². The Morgan fingerprint density at radius 2 is 1.91 bits per heavy atom. The minimum absolute atomic E-state index is 0.380. The molecule has 6 heteroatoms. The molecule has 0 saturated heterocycles. The number of hydrogen-bond acceptors (Lipinski definition) is 3. The first kappa shape index (κ1) is 19.9. The Bertz CT molecular complexity index is 1270. The van der Waals surface area contributed by atoms with Crippen LogP contribution in [-0.2, 0) is 13.6 Å². The van der Waals surface area contributed by atoms with E-state index in [0.717, 1.165) is 59.1 Å². The molecule has 0 bridgehead atoms. The minimum atomic E-state index is -1.15. The molecule has 3 aromatic heterocycles. The third kappa shape index (κ3) is 3.23. The van der Waals surface area contributed by atoms with Crippen LogP contribution in [0.2, 0.25) is 0 Å². The molecule has 5 nitrogen and oxygen atoms in total. The highest BCUT2D eigenvalue weighted by atomic mass is 19.1. The summed E-state index contributed by atoms with van der Waals surface area (Å²) in [5.74, 6) is 0.582. The van der Waals surface area contributed by atoms with Crippen molar-refractivity contribution in [2.24, 2.45) is 18.0 Å². The number of nitrogens with zero attached hydrogens (tertiary/aromatic N) is 5. The van der Waals surface area contributed by atoms with Crippen molar-refractivity contribution in [3.8, 4) is 11.1 Å². The van der Waals surface area contributed by atoms with E-state index >= 15 is 4.39 Å². The molecule has 3 aliphatic rings. The number of hydrogen-bond donors (Lipinski definition) is 0. The molecule has 0 spiro atoms. The summed E-state index contributed by atoms with van der Waals surface area (Å²) in [5, 5.41) is 4.34. The van der Waals surface area contributed by atoms with Crippen molar-refractivity contribution >= 4 is 22.3 Å². The number of aryl methyl sites for hydroxylation is 1. The van der Waals surface area contributed by atoms with Crippen LogP contribution in [-0.4, -0.2) is 36.8 Å². The van der Waals surface area contributed by atoms with E-state index in [4.69, 9.17) is 9.98 Å². The Hall–Kier alpha value is -2.76. The lowest BCUT2D eigenvalue weighted by Crippen LogP contribution is -2.31. The molecule has 2 unspecified atom stereocenters. The van der Waals surface area contributed by atoms with Gasteiger partial charge in [0, 0.05) is 59.5 Å². The highest BCUT2D eigenvalue weighted by Gasteiger charge is 2.42. The zero-order chi connectivity index (χ0) is 22.0. The highest BCUT2D eigenvalue weighted by molar-refractivity contribution is 6.24. The first-order chi connectivity index (χ1) is 15.4. The molecule has 2 atom stereocenters. The summed E-state index contributed by atoms with van der Waals surface area (Å²) in [4.78, 5) is 9.80. The van der Waals surface area contributed by atoms with Crippen LogP contribution in [0.15, 0.2) is 41.4 Å². The Labute approximate surface area is 188 Å². The van der Waals surface area contributed by atoms with Crippen LogP contribution in [0.5, 0.6) is 0 Å². The first-order valence-electron chi connectivity index (χ1n) is 11.8. The van der Waals surface area contributed by atoms with Gasteiger partial charge in [-0.25, -0.2) is 4.39 Å². The van der Waals surface area contributed by atoms with Gasteiger partial charge < -0.3 is 4.57 Å². The number of dihydropyridines is 1. The molecule has 0 N–H and O–H groups in total. The van der Waals surface area contributed by atoms with Gasteiger partial charge in [0.25, 0.3) is 0 Å². The lowest BCUT2D eigenvalue weighted by atomic mass is 9.86. The SMILES string of the molecule is CC1=NC2CC2C(C)=C1c1cnc2c(-c3cnn(C)c3)cn(CC3(F)CCCCC3)c2c1. The van der Waals surface area contributed by atoms with Gasteiger partial charge in [-0.05, 0) is 39.2 Å². The predicted molar refractivity (Wildman–Crippen MR) is 126 cm³/mol. The molecule has 6 rings (SSSR count). The normalized spacial score (nSPS) is 24.6. The Morgan fingerprint density at radius 3 is 2.66 bits per heavy atom. The van der Waals surface area contributed by atoms with E-state index in [2.05, 4.69) is 35.8 Å². The lowest BCUT2D eigenvalue weighted by Gasteiger charge is -2.30. The van der Waals surface area contributed by atoms with Crippen LogP contribution in [0, 0.1) is 5.92 Å². The van der Waals surface area contributed by atoms with Crippen LogP contribution >= 0.6 is 0 Å². The van der Waals surface area contributed by atoms with Gasteiger partial charge >= 0.3 is 0 Å². The third-order valence-corrected chi connectivity index (χ3v) is 7.65. The Morgan fingerprint density at radius 1 is 1.09 bits per heavy atom. The van der Waals surface area contributed by atoms with Gasteiger partial charge in [-0.1, -0.05) is 24.8 Å². The number of alkyl halides is 1. The molecular formula is C26H30FN5. The summed E-state index contributed by atoms with van der Waals surface area (Å²) in [5.41, 5.74) is 7.62.